The van der Waals surface area contributed by atoms with Crippen LogP contribution >= 0.6 is 8.60 Å². The van der Waals surface area contributed by atoms with Crippen molar-refractivity contribution >= 4 is 8.60 Å². The second-order valence-corrected chi connectivity index (χ2v) is 7.45. The van der Waals surface area contributed by atoms with Gasteiger partial charge in [-0.05, 0) is 42.7 Å². The Balaban J connectivity index is 1.67. The predicted molar refractivity (Wildman–Crippen MR) is 110 cm³/mol. The maximum atomic E-state index is 10.0. The molecule has 0 saturated carbocycles. The molecule has 0 aromatic heterocycles. The first kappa shape index (κ1) is 20.7. The molecule has 26 heavy (non-hydrogen) atoms. The fraction of sp³-hybridized carbons (Fsp3) is 0.455. The SMILES string of the molecule is CCCCCCCCCCc1cccc(OP(O)Oc2ccccc2)c1. The van der Waals surface area contributed by atoms with Crippen LogP contribution in [0.2, 0.25) is 0 Å². The lowest BCUT2D eigenvalue weighted by Gasteiger charge is -2.13. The summed E-state index contributed by atoms with van der Waals surface area (Å²) in [6, 6.07) is 17.2. The summed E-state index contributed by atoms with van der Waals surface area (Å²) in [6.07, 6.45) is 11.6. The van der Waals surface area contributed by atoms with E-state index in [9.17, 15) is 4.89 Å². The highest BCUT2D eigenvalue weighted by atomic mass is 31.2. The molecule has 0 amide bonds. The Kier molecular flexibility index (Phi) is 10.2. The average Bonchev–Trinajstić information content (AvgIpc) is 2.65. The van der Waals surface area contributed by atoms with Crippen LogP contribution in [0.4, 0.5) is 0 Å². The van der Waals surface area contributed by atoms with Crippen molar-refractivity contribution in [1.29, 1.82) is 0 Å². The van der Waals surface area contributed by atoms with E-state index in [0.717, 1.165) is 6.42 Å². The molecular formula is C22H31O3P. The zero-order chi connectivity index (χ0) is 18.5. The van der Waals surface area contributed by atoms with E-state index >= 15 is 0 Å². The third-order valence-electron chi connectivity index (χ3n) is 4.33. The Bertz CT molecular complexity index is 603. The number of hydrogen-bond donors (Lipinski definition) is 1. The van der Waals surface area contributed by atoms with Crippen LogP contribution in [-0.4, -0.2) is 4.89 Å². The Morgan fingerprint density at radius 3 is 2.08 bits per heavy atom. The number of unbranched alkanes of at least 4 members (excludes halogenated alkanes) is 7. The van der Waals surface area contributed by atoms with E-state index in [-0.39, 0.29) is 0 Å². The molecule has 0 heterocycles. The number of aryl methyl sites for hydroxylation is 1. The van der Waals surface area contributed by atoms with Gasteiger partial charge in [-0.1, -0.05) is 82.2 Å². The first-order valence-corrected chi connectivity index (χ1v) is 10.9. The summed E-state index contributed by atoms with van der Waals surface area (Å²) in [5.41, 5.74) is 1.25. The number of hydrogen-bond acceptors (Lipinski definition) is 3. The van der Waals surface area contributed by atoms with E-state index in [1.54, 1.807) is 12.1 Å². The van der Waals surface area contributed by atoms with Gasteiger partial charge in [0.15, 0.2) is 0 Å². The zero-order valence-electron chi connectivity index (χ0n) is 15.8. The molecule has 0 spiro atoms. The highest BCUT2D eigenvalue weighted by Crippen LogP contribution is 2.36. The molecule has 0 bridgehead atoms. The molecule has 1 atom stereocenters. The van der Waals surface area contributed by atoms with Crippen LogP contribution in [0.15, 0.2) is 54.6 Å². The van der Waals surface area contributed by atoms with E-state index in [1.807, 2.05) is 36.4 Å². The fourth-order valence-electron chi connectivity index (χ4n) is 2.90. The molecule has 1 N–H and O–H groups in total. The van der Waals surface area contributed by atoms with E-state index in [2.05, 4.69) is 13.0 Å². The van der Waals surface area contributed by atoms with Crippen molar-refractivity contribution in [3.05, 3.63) is 60.2 Å². The van der Waals surface area contributed by atoms with Crippen LogP contribution in [0.25, 0.3) is 0 Å². The van der Waals surface area contributed by atoms with Crippen molar-refractivity contribution in [3.8, 4) is 11.5 Å². The van der Waals surface area contributed by atoms with Crippen LogP contribution in [0.5, 0.6) is 11.5 Å². The van der Waals surface area contributed by atoms with Gasteiger partial charge in [0.2, 0.25) is 0 Å². The van der Waals surface area contributed by atoms with Gasteiger partial charge in [0.25, 0.3) is 0 Å². The van der Waals surface area contributed by atoms with Crippen LogP contribution in [-0.2, 0) is 6.42 Å². The Morgan fingerprint density at radius 2 is 1.35 bits per heavy atom. The molecular weight excluding hydrogens is 343 g/mol. The van der Waals surface area contributed by atoms with Crippen molar-refractivity contribution in [2.24, 2.45) is 0 Å². The summed E-state index contributed by atoms with van der Waals surface area (Å²) in [7, 11) is -1.97. The van der Waals surface area contributed by atoms with Crippen molar-refractivity contribution < 1.29 is 13.9 Å². The normalized spacial score (nSPS) is 11.9. The summed E-state index contributed by atoms with van der Waals surface area (Å²) in [6.45, 7) is 2.26. The van der Waals surface area contributed by atoms with Crippen molar-refractivity contribution in [2.45, 2.75) is 64.7 Å². The minimum absolute atomic E-state index is 0.608. The Morgan fingerprint density at radius 1 is 0.731 bits per heavy atom. The van der Waals surface area contributed by atoms with E-state index in [0.29, 0.717) is 11.5 Å². The summed E-state index contributed by atoms with van der Waals surface area (Å²) in [5, 5.41) is 0. The number of benzene rings is 2. The molecule has 0 aliphatic carbocycles. The molecule has 0 saturated heterocycles. The summed E-state index contributed by atoms with van der Waals surface area (Å²) in [5.74, 6) is 1.27. The van der Waals surface area contributed by atoms with Crippen LogP contribution in [0, 0.1) is 0 Å². The third kappa shape index (κ3) is 8.69. The molecule has 0 aliphatic heterocycles. The van der Waals surface area contributed by atoms with Crippen LogP contribution in [0.3, 0.4) is 0 Å². The topological polar surface area (TPSA) is 38.7 Å². The third-order valence-corrected chi connectivity index (χ3v) is 5.06. The molecule has 0 fully saturated rings. The van der Waals surface area contributed by atoms with Gasteiger partial charge in [0.05, 0.1) is 0 Å². The highest BCUT2D eigenvalue weighted by molar-refractivity contribution is 7.41. The first-order valence-electron chi connectivity index (χ1n) is 9.77. The lowest BCUT2D eigenvalue weighted by atomic mass is 10.0. The summed E-state index contributed by atoms with van der Waals surface area (Å²) in [4.78, 5) is 10.0. The largest absolute Gasteiger partial charge is 0.460 e. The predicted octanol–water partition coefficient (Wildman–Crippen LogP) is 7.05. The molecule has 2 rings (SSSR count). The zero-order valence-corrected chi connectivity index (χ0v) is 16.7. The number of para-hydroxylation sites is 1. The maximum Gasteiger partial charge on any atom is 0.460 e. The molecule has 1 unspecified atom stereocenters. The van der Waals surface area contributed by atoms with E-state index in [4.69, 9.17) is 9.05 Å². The van der Waals surface area contributed by atoms with Gasteiger partial charge in [0.1, 0.15) is 11.5 Å². The van der Waals surface area contributed by atoms with Gasteiger partial charge in [-0.3, -0.25) is 0 Å². The van der Waals surface area contributed by atoms with Gasteiger partial charge in [0, 0.05) is 0 Å². The first-order chi connectivity index (χ1) is 12.8. The molecule has 0 aliphatic rings. The van der Waals surface area contributed by atoms with Gasteiger partial charge < -0.3 is 13.9 Å². The minimum atomic E-state index is -1.97. The Labute approximate surface area is 159 Å². The van der Waals surface area contributed by atoms with Crippen molar-refractivity contribution in [1.82, 2.24) is 0 Å². The highest BCUT2D eigenvalue weighted by Gasteiger charge is 2.11. The van der Waals surface area contributed by atoms with Crippen LogP contribution in [0.1, 0.15) is 63.9 Å². The van der Waals surface area contributed by atoms with E-state index in [1.165, 1.54) is 56.9 Å². The standard InChI is InChI=1S/C22H31O3P/c1-2-3-4-5-6-7-8-10-14-20-15-13-18-22(19-20)25-26(23)24-21-16-11-9-12-17-21/h9,11-13,15-19,23H,2-8,10,14H2,1H3. The second-order valence-electron chi connectivity index (χ2n) is 6.61. The molecule has 4 heteroatoms. The molecule has 3 nitrogen and oxygen atoms in total. The number of rotatable bonds is 13. The van der Waals surface area contributed by atoms with Crippen molar-refractivity contribution in [2.75, 3.05) is 0 Å². The lowest BCUT2D eigenvalue weighted by molar-refractivity contribution is 0.381. The average molecular weight is 374 g/mol. The maximum absolute atomic E-state index is 10.0. The Hall–Kier alpha value is -1.57. The fourth-order valence-corrected chi connectivity index (χ4v) is 3.53. The molecule has 142 valence electrons. The van der Waals surface area contributed by atoms with Gasteiger partial charge >= 0.3 is 8.60 Å². The van der Waals surface area contributed by atoms with Gasteiger partial charge in [-0.15, -0.1) is 0 Å². The van der Waals surface area contributed by atoms with Gasteiger partial charge in [-0.2, -0.15) is 0 Å². The van der Waals surface area contributed by atoms with Gasteiger partial charge in [-0.25, -0.2) is 0 Å². The lowest BCUT2D eigenvalue weighted by Crippen LogP contribution is -1.95. The minimum Gasteiger partial charge on any atom is -0.418 e. The molecule has 2 aromatic carbocycles. The second kappa shape index (κ2) is 12.7. The summed E-state index contributed by atoms with van der Waals surface area (Å²) < 4.78 is 10.9. The summed E-state index contributed by atoms with van der Waals surface area (Å²) >= 11 is 0. The monoisotopic (exact) mass is 374 g/mol. The van der Waals surface area contributed by atoms with Crippen LogP contribution < -0.4 is 9.05 Å². The smallest absolute Gasteiger partial charge is 0.418 e. The molecule has 0 radical (unpaired) electrons. The molecule has 2 aromatic rings. The quantitative estimate of drug-likeness (QED) is 0.302. The van der Waals surface area contributed by atoms with E-state index < -0.39 is 8.60 Å². The van der Waals surface area contributed by atoms with Crippen molar-refractivity contribution in [3.63, 3.8) is 0 Å².